The Kier molecular flexibility index (Phi) is 5.14. The highest BCUT2D eigenvalue weighted by Gasteiger charge is 2.32. The maximum atomic E-state index is 13.4. The molecule has 1 saturated heterocycles. The van der Waals surface area contributed by atoms with Gasteiger partial charge in [-0.2, -0.15) is 13.2 Å². The predicted octanol–water partition coefficient (Wildman–Crippen LogP) is 2.87. The minimum atomic E-state index is -4.57. The Labute approximate surface area is 184 Å². The summed E-state index contributed by atoms with van der Waals surface area (Å²) in [5.74, 6) is 0. The molecular weight excluding hydrogens is 439 g/mol. The summed E-state index contributed by atoms with van der Waals surface area (Å²) < 4.78 is 45.3. The van der Waals surface area contributed by atoms with Gasteiger partial charge in [0.25, 0.3) is 5.56 Å². The van der Waals surface area contributed by atoms with Crippen molar-refractivity contribution in [2.24, 2.45) is 0 Å². The van der Waals surface area contributed by atoms with E-state index in [2.05, 4.69) is 19.9 Å². The van der Waals surface area contributed by atoms with E-state index in [0.29, 0.717) is 22.3 Å². The second-order valence-corrected chi connectivity index (χ2v) is 7.55. The van der Waals surface area contributed by atoms with Crippen LogP contribution in [-0.4, -0.2) is 48.9 Å². The first-order valence-corrected chi connectivity index (χ1v) is 9.94. The van der Waals surface area contributed by atoms with Crippen LogP contribution in [0.25, 0.3) is 33.4 Å². The van der Waals surface area contributed by atoms with E-state index in [0.717, 1.165) is 12.3 Å². The van der Waals surface area contributed by atoms with Gasteiger partial charge in [-0.1, -0.05) is 0 Å². The molecule has 0 bridgehead atoms. The largest absolute Gasteiger partial charge is 0.433 e. The number of ether oxygens (including phenoxy) is 1. The number of rotatable bonds is 3. The second kappa shape index (κ2) is 8.01. The van der Waals surface area contributed by atoms with Gasteiger partial charge in [0.1, 0.15) is 17.3 Å². The van der Waals surface area contributed by atoms with Crippen molar-refractivity contribution in [1.82, 2.24) is 24.5 Å². The highest BCUT2D eigenvalue weighted by molar-refractivity contribution is 5.93. The average molecular weight is 455 g/mol. The molecule has 1 aliphatic rings. The molecule has 2 atom stereocenters. The summed E-state index contributed by atoms with van der Waals surface area (Å²) in [7, 11) is 0. The first-order valence-electron chi connectivity index (χ1n) is 9.94. The number of nitrogens with zero attached hydrogens (tertiary/aromatic N) is 5. The molecule has 0 radical (unpaired) electrons. The van der Waals surface area contributed by atoms with Crippen molar-refractivity contribution in [1.29, 1.82) is 0 Å². The number of aliphatic hydroxyl groups is 1. The molecule has 1 fully saturated rings. The van der Waals surface area contributed by atoms with Crippen LogP contribution in [0, 0.1) is 0 Å². The number of aliphatic hydroxyl groups excluding tert-OH is 1. The van der Waals surface area contributed by atoms with Gasteiger partial charge in [-0.3, -0.25) is 19.3 Å². The maximum absolute atomic E-state index is 13.4. The molecule has 0 saturated carbocycles. The molecule has 168 valence electrons. The van der Waals surface area contributed by atoms with Crippen LogP contribution < -0.4 is 5.56 Å². The van der Waals surface area contributed by atoms with Gasteiger partial charge in [-0.15, -0.1) is 0 Å². The fraction of sp³-hybridized carbons (Fsp3) is 0.227. The Hall–Kier alpha value is -3.70. The average Bonchev–Trinajstić information content (AvgIpc) is 3.24. The molecule has 0 unspecified atom stereocenters. The van der Waals surface area contributed by atoms with Crippen LogP contribution in [-0.2, 0) is 10.9 Å². The monoisotopic (exact) mass is 455 g/mol. The van der Waals surface area contributed by atoms with Crippen molar-refractivity contribution in [3.8, 4) is 22.5 Å². The summed E-state index contributed by atoms with van der Waals surface area (Å²) in [6, 6.07) is 6.42. The Morgan fingerprint density at radius 2 is 1.94 bits per heavy atom. The number of hydrogen-bond acceptors (Lipinski definition) is 7. The minimum Gasteiger partial charge on any atom is -0.388 e. The van der Waals surface area contributed by atoms with Gasteiger partial charge in [0.15, 0.2) is 0 Å². The Morgan fingerprint density at radius 3 is 2.58 bits per heavy atom. The lowest BCUT2D eigenvalue weighted by Gasteiger charge is -2.17. The van der Waals surface area contributed by atoms with Crippen LogP contribution in [0.15, 0.2) is 60.0 Å². The molecule has 4 aromatic heterocycles. The van der Waals surface area contributed by atoms with E-state index < -0.39 is 29.6 Å². The third-order valence-corrected chi connectivity index (χ3v) is 5.43. The lowest BCUT2D eigenvalue weighted by atomic mass is 10.1. The molecular formula is C22H16F3N5O3. The van der Waals surface area contributed by atoms with Gasteiger partial charge in [0.2, 0.25) is 0 Å². The number of halogens is 3. The molecule has 0 amide bonds. The fourth-order valence-electron chi connectivity index (χ4n) is 3.74. The zero-order chi connectivity index (χ0) is 23.2. The van der Waals surface area contributed by atoms with Crippen LogP contribution in [0.4, 0.5) is 13.2 Å². The normalized spacial score (nSPS) is 18.7. The molecule has 1 N–H and O–H groups in total. The molecule has 33 heavy (non-hydrogen) atoms. The summed E-state index contributed by atoms with van der Waals surface area (Å²) in [5, 5.41) is 10.4. The molecule has 4 aromatic rings. The van der Waals surface area contributed by atoms with Crippen LogP contribution in [0.2, 0.25) is 0 Å². The minimum absolute atomic E-state index is 0.106. The van der Waals surface area contributed by atoms with E-state index in [4.69, 9.17) is 4.74 Å². The third-order valence-electron chi connectivity index (χ3n) is 5.43. The van der Waals surface area contributed by atoms with Gasteiger partial charge < -0.3 is 9.84 Å². The zero-order valence-corrected chi connectivity index (χ0v) is 16.9. The highest BCUT2D eigenvalue weighted by Crippen LogP contribution is 2.31. The number of fused-ring (bicyclic) bond motifs is 1. The maximum Gasteiger partial charge on any atom is 0.433 e. The van der Waals surface area contributed by atoms with Crippen LogP contribution >= 0.6 is 0 Å². The van der Waals surface area contributed by atoms with E-state index in [1.807, 2.05) is 0 Å². The smallest absolute Gasteiger partial charge is 0.388 e. The summed E-state index contributed by atoms with van der Waals surface area (Å²) >= 11 is 0. The lowest BCUT2D eigenvalue weighted by Crippen LogP contribution is -2.32. The first kappa shape index (κ1) is 21.2. The summed E-state index contributed by atoms with van der Waals surface area (Å²) in [6.45, 7) is 0.263. The number of aromatic nitrogens is 5. The molecule has 5 rings (SSSR count). The first-order chi connectivity index (χ1) is 15.8. The fourth-order valence-corrected chi connectivity index (χ4v) is 3.74. The molecule has 5 heterocycles. The van der Waals surface area contributed by atoms with Gasteiger partial charge in [0, 0.05) is 29.7 Å². The number of hydrogen-bond donors (Lipinski definition) is 1. The summed E-state index contributed by atoms with van der Waals surface area (Å²) in [4.78, 5) is 29.9. The van der Waals surface area contributed by atoms with Gasteiger partial charge in [0.05, 0.1) is 42.4 Å². The molecule has 8 nitrogen and oxygen atoms in total. The molecule has 0 spiro atoms. The molecule has 11 heteroatoms. The SMILES string of the molecule is O=c1c2cc(-c3ccc(C(F)(F)F)nc3)nc(-c3cccnc3)c2ncn1[C@H]1COC[C@@H]1O. The lowest BCUT2D eigenvalue weighted by molar-refractivity contribution is -0.141. The summed E-state index contributed by atoms with van der Waals surface area (Å²) in [6.07, 6.45) is 0.107. The molecule has 0 aromatic carbocycles. The van der Waals surface area contributed by atoms with Crippen LogP contribution in [0.5, 0.6) is 0 Å². The van der Waals surface area contributed by atoms with Gasteiger partial charge >= 0.3 is 6.18 Å². The molecule has 1 aliphatic heterocycles. The summed E-state index contributed by atoms with van der Waals surface area (Å²) in [5.41, 5.74) is 0.334. The van der Waals surface area contributed by atoms with Gasteiger partial charge in [-0.25, -0.2) is 9.97 Å². The molecule has 0 aliphatic carbocycles. The van der Waals surface area contributed by atoms with E-state index >= 15 is 0 Å². The Balaban J connectivity index is 1.73. The third kappa shape index (κ3) is 3.85. The number of alkyl halides is 3. The van der Waals surface area contributed by atoms with Crippen molar-refractivity contribution in [2.75, 3.05) is 13.2 Å². The number of pyridine rings is 3. The van der Waals surface area contributed by atoms with Crippen molar-refractivity contribution in [3.05, 3.63) is 71.3 Å². The van der Waals surface area contributed by atoms with E-state index in [1.54, 1.807) is 24.5 Å². The van der Waals surface area contributed by atoms with Crippen molar-refractivity contribution in [2.45, 2.75) is 18.3 Å². The topological polar surface area (TPSA) is 103 Å². The van der Waals surface area contributed by atoms with E-state index in [-0.39, 0.29) is 24.3 Å². The zero-order valence-electron chi connectivity index (χ0n) is 16.9. The van der Waals surface area contributed by atoms with E-state index in [9.17, 15) is 23.1 Å². The Bertz CT molecular complexity index is 1370. The quantitative estimate of drug-likeness (QED) is 0.507. The van der Waals surface area contributed by atoms with Crippen LogP contribution in [0.1, 0.15) is 11.7 Å². The highest BCUT2D eigenvalue weighted by atomic mass is 19.4. The van der Waals surface area contributed by atoms with Crippen molar-refractivity contribution < 1.29 is 23.0 Å². The van der Waals surface area contributed by atoms with Gasteiger partial charge in [-0.05, 0) is 30.3 Å². The Morgan fingerprint density at radius 1 is 1.09 bits per heavy atom. The predicted molar refractivity (Wildman–Crippen MR) is 111 cm³/mol. The van der Waals surface area contributed by atoms with E-state index in [1.165, 1.54) is 23.0 Å². The van der Waals surface area contributed by atoms with Crippen molar-refractivity contribution >= 4 is 10.9 Å². The van der Waals surface area contributed by atoms with Crippen LogP contribution in [0.3, 0.4) is 0 Å². The standard InChI is InChI=1S/C22H16F3N5O3/c23-22(24,25)18-4-3-12(8-27-18)15-6-14-20(19(29-15)13-2-1-5-26-7-13)28-11-30(21(14)32)16-9-33-10-17(16)31/h1-8,11,16-17,31H,9-10H2/t16-,17-/m0/s1. The van der Waals surface area contributed by atoms with Crippen molar-refractivity contribution in [3.63, 3.8) is 0 Å². The second-order valence-electron chi connectivity index (χ2n) is 7.55.